The molecule has 0 fully saturated rings. The molecule has 132 valence electrons. The monoisotopic (exact) mass is 414 g/mol. The van der Waals surface area contributed by atoms with Crippen LogP contribution in [0.1, 0.15) is 18.1 Å². The number of aromatic nitrogens is 3. The first-order chi connectivity index (χ1) is 12.5. The fraction of sp³-hybridized carbons (Fsp3) is 0.211. The van der Waals surface area contributed by atoms with Gasteiger partial charge >= 0.3 is 0 Å². The molecule has 0 bridgehead atoms. The number of rotatable bonds is 3. The lowest BCUT2D eigenvalue weighted by atomic mass is 10.1. The molecule has 1 aliphatic rings. The number of anilines is 1. The fourth-order valence-corrected chi connectivity index (χ4v) is 3.61. The van der Waals surface area contributed by atoms with Crippen LogP contribution < -0.4 is 4.90 Å². The van der Waals surface area contributed by atoms with Gasteiger partial charge in [-0.1, -0.05) is 27.2 Å². The molecular formula is C19H16BrFN4O. The third-order valence-corrected chi connectivity index (χ3v) is 5.30. The van der Waals surface area contributed by atoms with Crippen LogP contribution in [0.5, 0.6) is 0 Å². The van der Waals surface area contributed by atoms with Crippen molar-refractivity contribution in [3.05, 3.63) is 64.0 Å². The maximum absolute atomic E-state index is 13.4. The van der Waals surface area contributed by atoms with Crippen LogP contribution in [-0.2, 0) is 17.8 Å². The van der Waals surface area contributed by atoms with Crippen molar-refractivity contribution in [1.82, 2.24) is 15.0 Å². The molecule has 5 nitrogen and oxygen atoms in total. The van der Waals surface area contributed by atoms with Gasteiger partial charge in [0.1, 0.15) is 11.5 Å². The van der Waals surface area contributed by atoms with Crippen molar-refractivity contribution in [3.63, 3.8) is 0 Å². The smallest absolute Gasteiger partial charge is 0.223 e. The highest BCUT2D eigenvalue weighted by Crippen LogP contribution is 2.31. The van der Waals surface area contributed by atoms with Crippen LogP contribution in [-0.4, -0.2) is 27.4 Å². The summed E-state index contributed by atoms with van der Waals surface area (Å²) < 4.78 is 16.0. The Morgan fingerprint density at radius 2 is 2.12 bits per heavy atom. The average Bonchev–Trinajstić information content (AvgIpc) is 3.24. The molecule has 0 aliphatic carbocycles. The highest BCUT2D eigenvalue weighted by atomic mass is 79.9. The Kier molecular flexibility index (Phi) is 4.32. The Bertz CT molecular complexity index is 1000. The molecule has 1 aromatic heterocycles. The number of nitrogens with zero attached hydrogens (tertiary/aromatic N) is 4. The molecule has 0 saturated carbocycles. The minimum absolute atomic E-state index is 0.0584. The second-order valence-electron chi connectivity index (χ2n) is 6.30. The molecule has 2 aromatic carbocycles. The molecule has 1 amide bonds. The van der Waals surface area contributed by atoms with Gasteiger partial charge in [-0.05, 0) is 47.9 Å². The number of hydrogen-bond acceptors (Lipinski definition) is 3. The number of carbonyl (C=O) groups is 1. The van der Waals surface area contributed by atoms with E-state index < -0.39 is 0 Å². The topological polar surface area (TPSA) is 51.0 Å². The van der Waals surface area contributed by atoms with E-state index in [1.807, 2.05) is 18.3 Å². The second kappa shape index (κ2) is 6.64. The molecule has 0 saturated heterocycles. The molecule has 0 N–H and O–H groups in total. The normalized spacial score (nSPS) is 13.1. The van der Waals surface area contributed by atoms with E-state index in [-0.39, 0.29) is 11.7 Å². The van der Waals surface area contributed by atoms with Gasteiger partial charge < -0.3 is 4.90 Å². The minimum atomic E-state index is -0.280. The zero-order valence-electron chi connectivity index (χ0n) is 14.1. The van der Waals surface area contributed by atoms with E-state index in [1.54, 1.807) is 22.6 Å². The number of fused-ring (bicyclic) bond motifs is 1. The Hall–Kier alpha value is -2.54. The molecule has 0 atom stereocenters. The number of carbonyl (C=O) groups excluding carboxylic acids is 1. The van der Waals surface area contributed by atoms with Gasteiger partial charge in [0.05, 0.1) is 12.7 Å². The summed E-state index contributed by atoms with van der Waals surface area (Å²) in [6, 6.07) is 10.6. The SMILES string of the molecule is CC(=O)N1CCc2cc(-c3cn(Cc4cc(F)ccc4Br)nn3)ccc21. The number of halogens is 2. The maximum Gasteiger partial charge on any atom is 0.223 e. The van der Waals surface area contributed by atoms with Gasteiger partial charge in [-0.15, -0.1) is 5.10 Å². The lowest BCUT2D eigenvalue weighted by molar-refractivity contribution is -0.116. The average molecular weight is 415 g/mol. The van der Waals surface area contributed by atoms with Crippen LogP contribution in [0.15, 0.2) is 47.1 Å². The van der Waals surface area contributed by atoms with Crippen molar-refractivity contribution in [3.8, 4) is 11.3 Å². The van der Waals surface area contributed by atoms with Crippen LogP contribution in [0.3, 0.4) is 0 Å². The molecule has 1 aliphatic heterocycles. The Morgan fingerprint density at radius 3 is 2.92 bits per heavy atom. The number of amides is 1. The lowest BCUT2D eigenvalue weighted by Gasteiger charge is -2.14. The summed E-state index contributed by atoms with van der Waals surface area (Å²) in [5.74, 6) is -0.222. The standard InChI is InChI=1S/C19H16BrFN4O/c1-12(26)25-7-6-14-8-13(2-5-19(14)25)18-11-24(23-22-18)10-15-9-16(21)3-4-17(15)20/h2-5,8-9,11H,6-7,10H2,1H3. The van der Waals surface area contributed by atoms with Crippen LogP contribution in [0.2, 0.25) is 0 Å². The van der Waals surface area contributed by atoms with E-state index in [0.29, 0.717) is 13.1 Å². The Balaban J connectivity index is 1.59. The molecule has 7 heteroatoms. The lowest BCUT2D eigenvalue weighted by Crippen LogP contribution is -2.25. The maximum atomic E-state index is 13.4. The van der Waals surface area contributed by atoms with Gasteiger partial charge in [0, 0.05) is 29.2 Å². The minimum Gasteiger partial charge on any atom is -0.312 e. The third-order valence-electron chi connectivity index (χ3n) is 4.53. The zero-order chi connectivity index (χ0) is 18.3. The van der Waals surface area contributed by atoms with Gasteiger partial charge in [0.25, 0.3) is 0 Å². The summed E-state index contributed by atoms with van der Waals surface area (Å²) in [5, 5.41) is 8.39. The predicted octanol–water partition coefficient (Wildman–Crippen LogP) is 3.80. The summed E-state index contributed by atoms with van der Waals surface area (Å²) >= 11 is 3.43. The van der Waals surface area contributed by atoms with E-state index >= 15 is 0 Å². The largest absolute Gasteiger partial charge is 0.312 e. The van der Waals surface area contributed by atoms with Crippen LogP contribution in [0, 0.1) is 5.82 Å². The van der Waals surface area contributed by atoms with Crippen LogP contribution in [0.4, 0.5) is 10.1 Å². The third kappa shape index (κ3) is 3.14. The van der Waals surface area contributed by atoms with Crippen molar-refractivity contribution in [2.45, 2.75) is 19.9 Å². The molecular weight excluding hydrogens is 399 g/mol. The summed E-state index contributed by atoms with van der Waals surface area (Å²) in [7, 11) is 0. The second-order valence-corrected chi connectivity index (χ2v) is 7.16. The van der Waals surface area contributed by atoms with Crippen LogP contribution in [0.25, 0.3) is 11.3 Å². The molecule has 3 aromatic rings. The fourth-order valence-electron chi connectivity index (χ4n) is 3.24. The molecule has 4 rings (SSSR count). The van der Waals surface area contributed by atoms with E-state index in [9.17, 15) is 9.18 Å². The molecule has 2 heterocycles. The Labute approximate surface area is 158 Å². The van der Waals surface area contributed by atoms with Gasteiger partial charge in [-0.3, -0.25) is 4.79 Å². The Morgan fingerprint density at radius 1 is 1.27 bits per heavy atom. The van der Waals surface area contributed by atoms with E-state index in [0.717, 1.165) is 39.0 Å². The van der Waals surface area contributed by atoms with Gasteiger partial charge in [-0.2, -0.15) is 0 Å². The summed E-state index contributed by atoms with van der Waals surface area (Å²) in [4.78, 5) is 13.5. The van der Waals surface area contributed by atoms with Crippen molar-refractivity contribution >= 4 is 27.5 Å². The number of benzene rings is 2. The quantitative estimate of drug-likeness (QED) is 0.654. The first-order valence-corrected chi connectivity index (χ1v) is 9.06. The first kappa shape index (κ1) is 16.9. The molecule has 0 unspecified atom stereocenters. The van der Waals surface area contributed by atoms with Crippen molar-refractivity contribution in [2.24, 2.45) is 0 Å². The van der Waals surface area contributed by atoms with Crippen molar-refractivity contribution < 1.29 is 9.18 Å². The van der Waals surface area contributed by atoms with Crippen molar-refractivity contribution in [2.75, 3.05) is 11.4 Å². The number of hydrogen-bond donors (Lipinski definition) is 0. The predicted molar refractivity (Wildman–Crippen MR) is 100 cm³/mol. The molecule has 26 heavy (non-hydrogen) atoms. The van der Waals surface area contributed by atoms with Gasteiger partial charge in [0.2, 0.25) is 5.91 Å². The van der Waals surface area contributed by atoms with Gasteiger partial charge in [0.15, 0.2) is 0 Å². The summed E-state index contributed by atoms with van der Waals surface area (Å²) in [5.41, 5.74) is 4.62. The van der Waals surface area contributed by atoms with E-state index in [2.05, 4.69) is 32.3 Å². The van der Waals surface area contributed by atoms with Gasteiger partial charge in [-0.25, -0.2) is 9.07 Å². The van der Waals surface area contributed by atoms with E-state index in [4.69, 9.17) is 0 Å². The van der Waals surface area contributed by atoms with E-state index in [1.165, 1.54) is 12.1 Å². The molecule has 0 spiro atoms. The zero-order valence-corrected chi connectivity index (χ0v) is 15.7. The van der Waals surface area contributed by atoms with Crippen LogP contribution >= 0.6 is 15.9 Å². The first-order valence-electron chi connectivity index (χ1n) is 8.27. The van der Waals surface area contributed by atoms with Crippen molar-refractivity contribution in [1.29, 1.82) is 0 Å². The molecule has 0 radical (unpaired) electrons. The summed E-state index contributed by atoms with van der Waals surface area (Å²) in [6.07, 6.45) is 2.68. The highest BCUT2D eigenvalue weighted by Gasteiger charge is 2.22. The highest BCUT2D eigenvalue weighted by molar-refractivity contribution is 9.10. The summed E-state index contributed by atoms with van der Waals surface area (Å²) in [6.45, 7) is 2.72.